The standard InChI is InChI=1S/C21H18F2N2O3/c22-14-5-12-7-25(8-16(12)17(23)6-14)19(28)24-15-3-1-13(2-4-15)20-9-21(10-20,11-20)18(26)27/h1-6H,7-11H2,(H,24,28)(H,26,27). The Bertz CT molecular complexity index is 999. The topological polar surface area (TPSA) is 69.6 Å². The highest BCUT2D eigenvalue weighted by Crippen LogP contribution is 2.73. The van der Waals surface area contributed by atoms with Gasteiger partial charge in [0.25, 0.3) is 0 Å². The van der Waals surface area contributed by atoms with Crippen molar-refractivity contribution in [2.45, 2.75) is 37.8 Å². The maximum absolute atomic E-state index is 13.9. The number of nitrogens with one attached hydrogen (secondary N) is 1. The SMILES string of the molecule is O=C(Nc1ccc(C23CC(C(=O)O)(C2)C3)cc1)N1Cc2cc(F)cc(F)c2C1. The van der Waals surface area contributed by atoms with E-state index in [0.29, 0.717) is 36.1 Å². The number of carbonyl (C=O) groups excluding carboxylic acids is 1. The molecule has 0 spiro atoms. The molecule has 2 N–H and O–H groups in total. The van der Waals surface area contributed by atoms with E-state index < -0.39 is 23.0 Å². The number of anilines is 1. The summed E-state index contributed by atoms with van der Waals surface area (Å²) in [7, 11) is 0. The quantitative estimate of drug-likeness (QED) is 0.840. The maximum Gasteiger partial charge on any atom is 0.322 e. The fourth-order valence-electron chi connectivity index (χ4n) is 5.00. The first-order chi connectivity index (χ1) is 13.3. The van der Waals surface area contributed by atoms with E-state index in [9.17, 15) is 23.5 Å². The first-order valence-corrected chi connectivity index (χ1v) is 9.17. The molecule has 0 radical (unpaired) electrons. The Hall–Kier alpha value is -2.96. The number of hydrogen-bond acceptors (Lipinski definition) is 2. The summed E-state index contributed by atoms with van der Waals surface area (Å²) in [5.74, 6) is -1.99. The third kappa shape index (κ3) is 2.35. The molecule has 4 aliphatic rings. The van der Waals surface area contributed by atoms with Gasteiger partial charge < -0.3 is 15.3 Å². The van der Waals surface area contributed by atoms with Gasteiger partial charge in [0.05, 0.1) is 12.0 Å². The molecule has 2 bridgehead atoms. The van der Waals surface area contributed by atoms with Crippen molar-refractivity contribution in [3.8, 4) is 0 Å². The molecule has 3 aliphatic carbocycles. The second kappa shape index (κ2) is 5.53. The number of aliphatic carboxylic acids is 1. The molecule has 0 saturated heterocycles. The van der Waals surface area contributed by atoms with Gasteiger partial charge in [0.15, 0.2) is 0 Å². The monoisotopic (exact) mass is 384 g/mol. The average molecular weight is 384 g/mol. The minimum Gasteiger partial charge on any atom is -0.481 e. The van der Waals surface area contributed by atoms with Gasteiger partial charge in [0, 0.05) is 23.9 Å². The number of carboxylic acids is 1. The molecule has 0 aromatic heterocycles. The molecule has 7 heteroatoms. The van der Waals surface area contributed by atoms with Crippen LogP contribution in [0.25, 0.3) is 0 Å². The zero-order valence-corrected chi connectivity index (χ0v) is 15.0. The second-order valence-corrected chi connectivity index (χ2v) is 8.28. The van der Waals surface area contributed by atoms with E-state index >= 15 is 0 Å². The lowest BCUT2D eigenvalue weighted by atomic mass is 9.33. The highest BCUT2D eigenvalue weighted by atomic mass is 19.1. The molecule has 6 rings (SSSR count). The summed E-state index contributed by atoms with van der Waals surface area (Å²) in [6.07, 6.45) is 2.03. The fraction of sp³-hybridized carbons (Fsp3) is 0.333. The Morgan fingerprint density at radius 2 is 1.71 bits per heavy atom. The minimum atomic E-state index is -0.707. The molecule has 3 saturated carbocycles. The van der Waals surface area contributed by atoms with Crippen LogP contribution in [0.2, 0.25) is 0 Å². The Balaban J connectivity index is 1.24. The van der Waals surface area contributed by atoms with Crippen LogP contribution in [0.1, 0.15) is 36.0 Å². The van der Waals surface area contributed by atoms with Crippen molar-refractivity contribution in [1.29, 1.82) is 0 Å². The van der Waals surface area contributed by atoms with Crippen LogP contribution in [0.4, 0.5) is 19.3 Å². The normalized spacial score (nSPS) is 26.9. The van der Waals surface area contributed by atoms with Gasteiger partial charge in [-0.2, -0.15) is 0 Å². The minimum absolute atomic E-state index is 0.0286. The number of hydrogen-bond donors (Lipinski definition) is 2. The molecule has 5 nitrogen and oxygen atoms in total. The van der Waals surface area contributed by atoms with Crippen molar-refractivity contribution < 1.29 is 23.5 Å². The van der Waals surface area contributed by atoms with Crippen LogP contribution in [0.5, 0.6) is 0 Å². The van der Waals surface area contributed by atoms with E-state index in [1.165, 1.54) is 11.0 Å². The number of benzene rings is 2. The average Bonchev–Trinajstić information content (AvgIpc) is 2.98. The lowest BCUT2D eigenvalue weighted by molar-refractivity contribution is -0.194. The highest BCUT2D eigenvalue weighted by Gasteiger charge is 2.72. The summed E-state index contributed by atoms with van der Waals surface area (Å²) in [4.78, 5) is 25.2. The number of halogens is 2. The summed E-state index contributed by atoms with van der Waals surface area (Å²) < 4.78 is 27.2. The molecule has 1 aliphatic heterocycles. The largest absolute Gasteiger partial charge is 0.481 e. The summed E-state index contributed by atoms with van der Waals surface area (Å²) in [6, 6.07) is 9.16. The second-order valence-electron chi connectivity index (χ2n) is 8.28. The van der Waals surface area contributed by atoms with Crippen molar-refractivity contribution in [3.05, 3.63) is 64.7 Å². The first kappa shape index (κ1) is 17.2. The number of nitrogens with zero attached hydrogens (tertiary/aromatic N) is 1. The molecule has 2 amide bonds. The van der Waals surface area contributed by atoms with Crippen molar-refractivity contribution in [3.63, 3.8) is 0 Å². The van der Waals surface area contributed by atoms with E-state index in [-0.39, 0.29) is 24.5 Å². The smallest absolute Gasteiger partial charge is 0.322 e. The van der Waals surface area contributed by atoms with Gasteiger partial charge in [-0.1, -0.05) is 12.1 Å². The number of urea groups is 1. The fourth-order valence-corrected chi connectivity index (χ4v) is 5.00. The summed E-state index contributed by atoms with van der Waals surface area (Å²) in [5, 5.41) is 12.0. The molecule has 1 heterocycles. The Morgan fingerprint density at radius 1 is 1.04 bits per heavy atom. The van der Waals surface area contributed by atoms with Gasteiger partial charge in [-0.15, -0.1) is 0 Å². The van der Waals surface area contributed by atoms with Gasteiger partial charge in [-0.3, -0.25) is 4.79 Å². The third-order valence-electron chi connectivity index (χ3n) is 6.48. The molecular weight excluding hydrogens is 366 g/mol. The molecule has 2 aromatic carbocycles. The number of rotatable bonds is 3. The van der Waals surface area contributed by atoms with E-state index in [1.54, 1.807) is 12.1 Å². The Kier molecular flexibility index (Phi) is 3.39. The zero-order chi connectivity index (χ0) is 19.7. The highest BCUT2D eigenvalue weighted by molar-refractivity contribution is 5.89. The van der Waals surface area contributed by atoms with Gasteiger partial charge in [0.2, 0.25) is 0 Å². The molecule has 2 aromatic rings. The van der Waals surface area contributed by atoms with Crippen molar-refractivity contribution in [2.75, 3.05) is 5.32 Å². The van der Waals surface area contributed by atoms with E-state index in [0.717, 1.165) is 11.6 Å². The first-order valence-electron chi connectivity index (χ1n) is 9.17. The van der Waals surface area contributed by atoms with Crippen LogP contribution in [-0.4, -0.2) is 22.0 Å². The predicted molar refractivity (Wildman–Crippen MR) is 96.7 cm³/mol. The number of amides is 2. The van der Waals surface area contributed by atoms with Crippen molar-refractivity contribution in [1.82, 2.24) is 4.90 Å². The van der Waals surface area contributed by atoms with Crippen LogP contribution in [-0.2, 0) is 23.3 Å². The maximum atomic E-state index is 13.9. The van der Waals surface area contributed by atoms with Gasteiger partial charge in [-0.25, -0.2) is 13.6 Å². The third-order valence-corrected chi connectivity index (χ3v) is 6.48. The van der Waals surface area contributed by atoms with Gasteiger partial charge >= 0.3 is 12.0 Å². The van der Waals surface area contributed by atoms with Crippen LogP contribution in [0, 0.1) is 17.0 Å². The molecule has 3 fully saturated rings. The number of fused-ring (bicyclic) bond motifs is 1. The Labute approximate surface area is 160 Å². The van der Waals surface area contributed by atoms with Crippen LogP contribution in [0.3, 0.4) is 0 Å². The number of carboxylic acid groups (broad SMARTS) is 1. The molecular formula is C21H18F2N2O3. The van der Waals surface area contributed by atoms with E-state index in [4.69, 9.17) is 0 Å². The van der Waals surface area contributed by atoms with Crippen molar-refractivity contribution in [2.24, 2.45) is 5.41 Å². The number of carbonyl (C=O) groups is 2. The zero-order valence-electron chi connectivity index (χ0n) is 15.0. The molecule has 144 valence electrons. The van der Waals surface area contributed by atoms with Crippen LogP contribution < -0.4 is 5.32 Å². The predicted octanol–water partition coefficient (Wildman–Crippen LogP) is 4.02. The van der Waals surface area contributed by atoms with Gasteiger partial charge in [-0.05, 0) is 54.0 Å². The lowest BCUT2D eigenvalue weighted by Crippen LogP contribution is -2.67. The molecule has 0 atom stereocenters. The van der Waals surface area contributed by atoms with Crippen LogP contribution >= 0.6 is 0 Å². The summed E-state index contributed by atoms with van der Waals surface area (Å²) in [5.41, 5.74) is 1.99. The Morgan fingerprint density at radius 3 is 2.36 bits per heavy atom. The van der Waals surface area contributed by atoms with Crippen molar-refractivity contribution >= 4 is 17.7 Å². The lowest BCUT2D eigenvalue weighted by Gasteiger charge is -2.68. The van der Waals surface area contributed by atoms with E-state index in [1.807, 2.05) is 12.1 Å². The summed E-state index contributed by atoms with van der Waals surface area (Å²) >= 11 is 0. The van der Waals surface area contributed by atoms with Gasteiger partial charge in [0.1, 0.15) is 11.6 Å². The van der Waals surface area contributed by atoms with E-state index in [2.05, 4.69) is 5.32 Å². The molecule has 0 unspecified atom stereocenters. The summed E-state index contributed by atoms with van der Waals surface area (Å²) in [6.45, 7) is 0.264. The van der Waals surface area contributed by atoms with Crippen LogP contribution in [0.15, 0.2) is 36.4 Å². The molecule has 28 heavy (non-hydrogen) atoms.